The van der Waals surface area contributed by atoms with E-state index < -0.39 is 0 Å². The van der Waals surface area contributed by atoms with Crippen molar-refractivity contribution in [3.8, 4) is 0 Å². The molecule has 0 aliphatic rings. The summed E-state index contributed by atoms with van der Waals surface area (Å²) in [5.74, 6) is 0. The highest BCUT2D eigenvalue weighted by Crippen LogP contribution is 2.16. The molecule has 2 aromatic rings. The molecule has 0 aliphatic heterocycles. The summed E-state index contributed by atoms with van der Waals surface area (Å²) < 4.78 is 3.11. The van der Waals surface area contributed by atoms with Gasteiger partial charge in [-0.05, 0) is 47.2 Å². The molecule has 0 saturated heterocycles. The molecule has 0 fully saturated rings. The maximum Gasteiger partial charge on any atom is 0.0741 e. The van der Waals surface area contributed by atoms with Gasteiger partial charge in [0.25, 0.3) is 0 Å². The molecule has 2 rings (SSSR count). The normalized spacial score (nSPS) is 12.7. The van der Waals surface area contributed by atoms with E-state index in [0.29, 0.717) is 0 Å². The van der Waals surface area contributed by atoms with Gasteiger partial charge >= 0.3 is 0 Å². The molecule has 2 heterocycles. The Balaban J connectivity index is 2.29. The molecule has 0 radical (unpaired) electrons. The molecule has 2 aromatic heterocycles. The molecule has 1 atom stereocenters. The molecule has 3 nitrogen and oxygen atoms in total. The standard InChI is InChI=1S/C10H10IN3/c1-8(9-2-4-12-5-3-9)14-7-10(11)6-13-14/h2-8H,1H3/t8-/m1/s1. The lowest BCUT2D eigenvalue weighted by Gasteiger charge is -2.11. The number of halogens is 1. The smallest absolute Gasteiger partial charge is 0.0741 e. The van der Waals surface area contributed by atoms with Gasteiger partial charge in [0.05, 0.1) is 15.8 Å². The van der Waals surface area contributed by atoms with E-state index in [4.69, 9.17) is 0 Å². The summed E-state index contributed by atoms with van der Waals surface area (Å²) in [6.45, 7) is 2.12. The van der Waals surface area contributed by atoms with Crippen LogP contribution in [0.2, 0.25) is 0 Å². The zero-order chi connectivity index (χ0) is 9.97. The first-order valence-corrected chi connectivity index (χ1v) is 5.45. The van der Waals surface area contributed by atoms with Crippen LogP contribution >= 0.6 is 22.6 Å². The molecule has 14 heavy (non-hydrogen) atoms. The van der Waals surface area contributed by atoms with E-state index in [0.717, 1.165) is 3.57 Å². The molecular formula is C10H10IN3. The monoisotopic (exact) mass is 299 g/mol. The van der Waals surface area contributed by atoms with Gasteiger partial charge in [0.15, 0.2) is 0 Å². The molecule has 4 heteroatoms. The Bertz CT molecular complexity index is 410. The third-order valence-electron chi connectivity index (χ3n) is 2.16. The first-order chi connectivity index (χ1) is 6.77. The van der Waals surface area contributed by atoms with Crippen molar-refractivity contribution in [2.24, 2.45) is 0 Å². The number of rotatable bonds is 2. The Morgan fingerprint density at radius 2 is 2.07 bits per heavy atom. The van der Waals surface area contributed by atoms with Crippen LogP contribution in [0.4, 0.5) is 0 Å². The van der Waals surface area contributed by atoms with E-state index in [-0.39, 0.29) is 6.04 Å². The van der Waals surface area contributed by atoms with E-state index in [1.54, 1.807) is 12.4 Å². The summed E-state index contributed by atoms with van der Waals surface area (Å²) in [6, 6.07) is 4.29. The van der Waals surface area contributed by atoms with Crippen molar-refractivity contribution in [1.29, 1.82) is 0 Å². The van der Waals surface area contributed by atoms with Gasteiger partial charge in [0.2, 0.25) is 0 Å². The lowest BCUT2D eigenvalue weighted by Crippen LogP contribution is -2.06. The zero-order valence-corrected chi connectivity index (χ0v) is 9.92. The largest absolute Gasteiger partial charge is 0.265 e. The van der Waals surface area contributed by atoms with Crippen molar-refractivity contribution >= 4 is 22.6 Å². The van der Waals surface area contributed by atoms with Gasteiger partial charge in [-0.25, -0.2) is 0 Å². The predicted octanol–water partition coefficient (Wildman–Crippen LogP) is 2.49. The van der Waals surface area contributed by atoms with Gasteiger partial charge in [-0.15, -0.1) is 0 Å². The van der Waals surface area contributed by atoms with Crippen LogP contribution < -0.4 is 0 Å². The van der Waals surface area contributed by atoms with Crippen LogP contribution in [0.5, 0.6) is 0 Å². The number of hydrogen-bond acceptors (Lipinski definition) is 2. The van der Waals surface area contributed by atoms with Crippen molar-refractivity contribution in [3.63, 3.8) is 0 Å². The van der Waals surface area contributed by atoms with E-state index in [1.165, 1.54) is 5.56 Å². The van der Waals surface area contributed by atoms with Crippen LogP contribution in [0.3, 0.4) is 0 Å². The number of nitrogens with zero attached hydrogens (tertiary/aromatic N) is 3. The van der Waals surface area contributed by atoms with Crippen LogP contribution in [-0.2, 0) is 0 Å². The minimum absolute atomic E-state index is 0.265. The third-order valence-corrected chi connectivity index (χ3v) is 2.71. The summed E-state index contributed by atoms with van der Waals surface area (Å²) in [5.41, 5.74) is 1.22. The summed E-state index contributed by atoms with van der Waals surface area (Å²) in [7, 11) is 0. The molecule has 0 saturated carbocycles. The Kier molecular flexibility index (Phi) is 2.81. The molecule has 72 valence electrons. The number of pyridine rings is 1. The summed E-state index contributed by atoms with van der Waals surface area (Å²) in [4.78, 5) is 4.00. The van der Waals surface area contributed by atoms with Crippen LogP contribution in [0.25, 0.3) is 0 Å². The van der Waals surface area contributed by atoms with Crippen LogP contribution in [0.1, 0.15) is 18.5 Å². The van der Waals surface area contributed by atoms with Crippen molar-refractivity contribution in [2.75, 3.05) is 0 Å². The van der Waals surface area contributed by atoms with E-state index in [9.17, 15) is 0 Å². The Morgan fingerprint density at radius 1 is 1.36 bits per heavy atom. The average molecular weight is 299 g/mol. The topological polar surface area (TPSA) is 30.7 Å². The van der Waals surface area contributed by atoms with Gasteiger partial charge in [-0.3, -0.25) is 9.67 Å². The molecule has 0 bridgehead atoms. The fraction of sp³-hybridized carbons (Fsp3) is 0.200. The van der Waals surface area contributed by atoms with Crippen molar-refractivity contribution in [1.82, 2.24) is 14.8 Å². The maximum absolute atomic E-state index is 4.28. The van der Waals surface area contributed by atoms with Gasteiger partial charge in [0.1, 0.15) is 0 Å². The summed E-state index contributed by atoms with van der Waals surface area (Å²) in [5, 5.41) is 4.28. The van der Waals surface area contributed by atoms with Gasteiger partial charge in [-0.1, -0.05) is 0 Å². The first-order valence-electron chi connectivity index (χ1n) is 4.37. The van der Waals surface area contributed by atoms with Crippen LogP contribution in [0, 0.1) is 3.57 Å². The zero-order valence-electron chi connectivity index (χ0n) is 7.76. The molecule has 0 aromatic carbocycles. The van der Waals surface area contributed by atoms with Gasteiger partial charge < -0.3 is 0 Å². The van der Waals surface area contributed by atoms with Gasteiger partial charge in [0, 0.05) is 18.6 Å². The first kappa shape index (κ1) is 9.64. The lowest BCUT2D eigenvalue weighted by atomic mass is 10.1. The highest BCUT2D eigenvalue weighted by Gasteiger charge is 2.07. The van der Waals surface area contributed by atoms with E-state index in [2.05, 4.69) is 39.6 Å². The second kappa shape index (κ2) is 4.08. The fourth-order valence-electron chi connectivity index (χ4n) is 1.32. The fourth-order valence-corrected chi connectivity index (χ4v) is 1.73. The van der Waals surface area contributed by atoms with Crippen molar-refractivity contribution < 1.29 is 0 Å². The molecular weight excluding hydrogens is 289 g/mol. The van der Waals surface area contributed by atoms with Gasteiger partial charge in [-0.2, -0.15) is 5.10 Å². The highest BCUT2D eigenvalue weighted by atomic mass is 127. The predicted molar refractivity (Wildman–Crippen MR) is 63.0 cm³/mol. The van der Waals surface area contributed by atoms with Crippen LogP contribution in [0.15, 0.2) is 36.9 Å². The Morgan fingerprint density at radius 3 is 2.64 bits per heavy atom. The number of hydrogen-bond donors (Lipinski definition) is 0. The maximum atomic E-state index is 4.28. The van der Waals surface area contributed by atoms with E-state index in [1.807, 2.05) is 29.2 Å². The molecule has 0 N–H and O–H groups in total. The SMILES string of the molecule is C[C@H](c1ccncc1)n1cc(I)cn1. The summed E-state index contributed by atoms with van der Waals surface area (Å²) in [6.07, 6.45) is 7.50. The van der Waals surface area contributed by atoms with Crippen molar-refractivity contribution in [3.05, 3.63) is 46.1 Å². The van der Waals surface area contributed by atoms with Crippen LogP contribution in [-0.4, -0.2) is 14.8 Å². The Labute approximate surface area is 96.3 Å². The quantitative estimate of drug-likeness (QED) is 0.798. The van der Waals surface area contributed by atoms with E-state index >= 15 is 0 Å². The summed E-state index contributed by atoms with van der Waals surface area (Å²) >= 11 is 2.26. The minimum atomic E-state index is 0.265. The van der Waals surface area contributed by atoms with Crippen molar-refractivity contribution in [2.45, 2.75) is 13.0 Å². The highest BCUT2D eigenvalue weighted by molar-refractivity contribution is 14.1. The average Bonchev–Trinajstić information content (AvgIpc) is 2.65. The third kappa shape index (κ3) is 1.95. The molecule has 0 amide bonds. The molecule has 0 aliphatic carbocycles. The molecule has 0 unspecified atom stereocenters. The second-order valence-electron chi connectivity index (χ2n) is 3.10. The lowest BCUT2D eigenvalue weighted by molar-refractivity contribution is 0.564. The Hall–Kier alpha value is -0.910. The second-order valence-corrected chi connectivity index (χ2v) is 4.34. The molecule has 0 spiro atoms. The minimum Gasteiger partial charge on any atom is -0.265 e. The number of aromatic nitrogens is 3.